The zero-order valence-corrected chi connectivity index (χ0v) is 20.0. The number of hydrogen-bond acceptors (Lipinski definition) is 7. The first-order valence-electron chi connectivity index (χ1n) is 12.1. The van der Waals surface area contributed by atoms with Crippen LogP contribution in [0.1, 0.15) is 36.8 Å². The predicted molar refractivity (Wildman–Crippen MR) is 132 cm³/mol. The lowest BCUT2D eigenvalue weighted by atomic mass is 10.0. The van der Waals surface area contributed by atoms with Crippen molar-refractivity contribution in [3.05, 3.63) is 53.5 Å². The second kappa shape index (κ2) is 9.51. The zero-order chi connectivity index (χ0) is 22.8. The first kappa shape index (κ1) is 21.9. The summed E-state index contributed by atoms with van der Waals surface area (Å²) < 4.78 is 5.57. The Hall–Kier alpha value is -2.93. The molecule has 0 unspecified atom stereocenters. The zero-order valence-electron chi connectivity index (χ0n) is 20.0. The van der Waals surface area contributed by atoms with Gasteiger partial charge in [0, 0.05) is 56.7 Å². The van der Waals surface area contributed by atoms with Crippen molar-refractivity contribution in [2.24, 2.45) is 5.92 Å². The summed E-state index contributed by atoms with van der Waals surface area (Å²) in [6, 6.07) is 10.7. The van der Waals surface area contributed by atoms with Crippen molar-refractivity contribution in [3.8, 4) is 11.4 Å². The Morgan fingerprint density at radius 1 is 1.00 bits per heavy atom. The van der Waals surface area contributed by atoms with Crippen molar-refractivity contribution < 1.29 is 4.52 Å². The van der Waals surface area contributed by atoms with Gasteiger partial charge in [-0.3, -0.25) is 4.90 Å². The van der Waals surface area contributed by atoms with Crippen LogP contribution in [0.15, 0.2) is 41.1 Å². The van der Waals surface area contributed by atoms with Crippen LogP contribution in [0.5, 0.6) is 0 Å². The molecule has 5 rings (SSSR count). The maximum Gasteiger partial charge on any atom is 0.241 e. The largest absolute Gasteiger partial charge is 0.369 e. The fourth-order valence-corrected chi connectivity index (χ4v) is 4.96. The van der Waals surface area contributed by atoms with Gasteiger partial charge in [0.15, 0.2) is 0 Å². The van der Waals surface area contributed by atoms with Gasteiger partial charge in [0.05, 0.1) is 6.54 Å². The van der Waals surface area contributed by atoms with E-state index in [9.17, 15) is 0 Å². The van der Waals surface area contributed by atoms with Crippen molar-refractivity contribution in [2.75, 3.05) is 49.1 Å². The van der Waals surface area contributed by atoms with Gasteiger partial charge >= 0.3 is 0 Å². The van der Waals surface area contributed by atoms with Crippen molar-refractivity contribution in [1.29, 1.82) is 0 Å². The maximum atomic E-state index is 5.57. The quantitative estimate of drug-likeness (QED) is 0.579. The van der Waals surface area contributed by atoms with E-state index in [1.807, 2.05) is 6.20 Å². The number of piperazine rings is 1. The van der Waals surface area contributed by atoms with Gasteiger partial charge in [-0.15, -0.1) is 0 Å². The van der Waals surface area contributed by atoms with Gasteiger partial charge in [0.1, 0.15) is 5.82 Å². The van der Waals surface area contributed by atoms with Gasteiger partial charge in [-0.05, 0) is 61.9 Å². The Bertz CT molecular complexity index is 1070. The van der Waals surface area contributed by atoms with E-state index in [0.717, 1.165) is 56.6 Å². The molecule has 1 aromatic carbocycles. The highest BCUT2D eigenvalue weighted by Gasteiger charge is 2.21. The average molecular weight is 447 g/mol. The Balaban J connectivity index is 1.17. The van der Waals surface area contributed by atoms with Crippen LogP contribution < -0.4 is 9.80 Å². The van der Waals surface area contributed by atoms with E-state index < -0.39 is 0 Å². The second-order valence-corrected chi connectivity index (χ2v) is 9.59. The normalized spacial score (nSPS) is 19.8. The summed E-state index contributed by atoms with van der Waals surface area (Å²) in [5.41, 5.74) is 4.98. The molecule has 33 heavy (non-hydrogen) atoms. The maximum absolute atomic E-state index is 5.57. The lowest BCUT2D eigenvalue weighted by Gasteiger charge is -2.36. The molecule has 174 valence electrons. The van der Waals surface area contributed by atoms with Crippen LogP contribution in [0.3, 0.4) is 0 Å². The summed E-state index contributed by atoms with van der Waals surface area (Å²) >= 11 is 0. The smallest absolute Gasteiger partial charge is 0.241 e. The number of pyridine rings is 1. The summed E-state index contributed by atoms with van der Waals surface area (Å²) in [7, 11) is 0. The van der Waals surface area contributed by atoms with Gasteiger partial charge < -0.3 is 14.3 Å². The molecule has 2 aromatic heterocycles. The number of hydrogen-bond donors (Lipinski definition) is 0. The van der Waals surface area contributed by atoms with Crippen LogP contribution >= 0.6 is 0 Å². The minimum atomic E-state index is 0.616. The summed E-state index contributed by atoms with van der Waals surface area (Å²) in [5.74, 6) is 3.04. The lowest BCUT2D eigenvalue weighted by molar-refractivity contribution is 0.215. The number of nitrogens with zero attached hydrogens (tertiary/aromatic N) is 6. The van der Waals surface area contributed by atoms with Gasteiger partial charge in [-0.25, -0.2) is 4.98 Å². The van der Waals surface area contributed by atoms with Crippen LogP contribution in [0.25, 0.3) is 11.4 Å². The Kier molecular flexibility index (Phi) is 6.31. The molecule has 0 amide bonds. The molecule has 0 aliphatic carbocycles. The fraction of sp³-hybridized carbons (Fsp3) is 0.500. The number of benzene rings is 1. The topological polar surface area (TPSA) is 61.5 Å². The molecular formula is C26H34N6O. The van der Waals surface area contributed by atoms with Gasteiger partial charge in [0.25, 0.3) is 0 Å². The molecule has 2 aliphatic rings. The van der Waals surface area contributed by atoms with Crippen LogP contribution in [0.4, 0.5) is 11.5 Å². The number of aryl methyl sites for hydroxylation is 1. The third kappa shape index (κ3) is 4.88. The van der Waals surface area contributed by atoms with E-state index in [0.29, 0.717) is 18.3 Å². The van der Waals surface area contributed by atoms with Gasteiger partial charge in [-0.2, -0.15) is 4.98 Å². The third-order valence-electron chi connectivity index (χ3n) is 7.10. The van der Waals surface area contributed by atoms with Crippen LogP contribution in [0, 0.1) is 19.8 Å². The Morgan fingerprint density at radius 2 is 1.85 bits per heavy atom. The standard InChI is InChI=1S/C26H34N6O/c1-19-6-5-11-32(17-19)24-10-9-22(16-27-24)26-28-25(33-29-26)18-30-12-14-31(15-13-30)23-8-4-7-20(2)21(23)3/h4,7-10,16,19H,5-6,11-15,17-18H2,1-3H3/t19-/m1/s1. The molecule has 7 nitrogen and oxygen atoms in total. The highest BCUT2D eigenvalue weighted by molar-refractivity contribution is 5.57. The van der Waals surface area contributed by atoms with Crippen molar-refractivity contribution >= 4 is 11.5 Å². The fourth-order valence-electron chi connectivity index (χ4n) is 4.96. The summed E-state index contributed by atoms with van der Waals surface area (Å²) in [6.45, 7) is 13.5. The summed E-state index contributed by atoms with van der Waals surface area (Å²) in [5, 5.41) is 4.21. The highest BCUT2D eigenvalue weighted by atomic mass is 16.5. The van der Waals surface area contributed by atoms with Crippen LogP contribution in [0.2, 0.25) is 0 Å². The highest BCUT2D eigenvalue weighted by Crippen LogP contribution is 2.25. The summed E-state index contributed by atoms with van der Waals surface area (Å²) in [6.07, 6.45) is 4.41. The first-order chi connectivity index (χ1) is 16.1. The number of piperidine rings is 1. The molecule has 2 fully saturated rings. The number of rotatable bonds is 5. The van der Waals surface area contributed by atoms with Crippen molar-refractivity contribution in [1.82, 2.24) is 20.0 Å². The first-order valence-corrected chi connectivity index (χ1v) is 12.1. The van der Waals surface area contributed by atoms with E-state index in [4.69, 9.17) is 4.52 Å². The predicted octanol–water partition coefficient (Wildman–Crippen LogP) is 4.31. The molecule has 7 heteroatoms. The SMILES string of the molecule is Cc1cccc(N2CCN(Cc3nc(-c4ccc(N5CCC[C@@H](C)C5)nc4)no3)CC2)c1C. The van der Waals surface area contributed by atoms with Gasteiger partial charge in [0.2, 0.25) is 11.7 Å². The van der Waals surface area contributed by atoms with E-state index in [1.165, 1.54) is 29.7 Å². The molecule has 0 spiro atoms. The minimum Gasteiger partial charge on any atom is -0.369 e. The third-order valence-corrected chi connectivity index (χ3v) is 7.10. The lowest BCUT2D eigenvalue weighted by Crippen LogP contribution is -2.46. The Labute approximate surface area is 196 Å². The Morgan fingerprint density at radius 3 is 2.61 bits per heavy atom. The number of anilines is 2. The molecule has 0 radical (unpaired) electrons. The van der Waals surface area contributed by atoms with E-state index in [2.05, 4.69) is 80.9 Å². The van der Waals surface area contributed by atoms with E-state index >= 15 is 0 Å². The molecule has 1 atom stereocenters. The molecular weight excluding hydrogens is 412 g/mol. The second-order valence-electron chi connectivity index (χ2n) is 9.59. The molecule has 0 saturated carbocycles. The van der Waals surface area contributed by atoms with Crippen molar-refractivity contribution in [3.63, 3.8) is 0 Å². The average Bonchev–Trinajstić information content (AvgIpc) is 3.30. The van der Waals surface area contributed by atoms with E-state index in [-0.39, 0.29) is 0 Å². The molecule has 0 N–H and O–H groups in total. The van der Waals surface area contributed by atoms with Crippen LogP contribution in [-0.2, 0) is 6.54 Å². The minimum absolute atomic E-state index is 0.616. The summed E-state index contributed by atoms with van der Waals surface area (Å²) in [4.78, 5) is 16.6. The molecule has 4 heterocycles. The van der Waals surface area contributed by atoms with E-state index in [1.54, 1.807) is 0 Å². The molecule has 3 aromatic rings. The molecule has 2 saturated heterocycles. The number of aromatic nitrogens is 3. The monoisotopic (exact) mass is 446 g/mol. The molecule has 0 bridgehead atoms. The molecule has 2 aliphatic heterocycles. The van der Waals surface area contributed by atoms with Crippen LogP contribution in [-0.4, -0.2) is 59.3 Å². The van der Waals surface area contributed by atoms with Crippen molar-refractivity contribution in [2.45, 2.75) is 40.2 Å². The van der Waals surface area contributed by atoms with Gasteiger partial charge in [-0.1, -0.05) is 24.2 Å².